The van der Waals surface area contributed by atoms with Gasteiger partial charge in [0.05, 0.1) is 6.54 Å². The number of carbonyl (C=O) groups is 2. The van der Waals surface area contributed by atoms with Crippen LogP contribution in [0.1, 0.15) is 35.4 Å². The van der Waals surface area contributed by atoms with Crippen molar-refractivity contribution in [2.45, 2.75) is 32.2 Å². The van der Waals surface area contributed by atoms with E-state index < -0.39 is 5.97 Å². The molecule has 1 saturated heterocycles. The number of aryl methyl sites for hydroxylation is 1. The Kier molecular flexibility index (Phi) is 5.27. The zero-order chi connectivity index (χ0) is 18.8. The zero-order valence-corrected chi connectivity index (χ0v) is 15.0. The number of nitrogens with zero attached hydrogens (tertiary/aromatic N) is 2. The Morgan fingerprint density at radius 2 is 2.12 bits per heavy atom. The fraction of sp³-hybridized carbons (Fsp3) is 0.474. The molecule has 1 fully saturated rings. The highest BCUT2D eigenvalue weighted by molar-refractivity contribution is 5.98. The highest BCUT2D eigenvalue weighted by Crippen LogP contribution is 2.28. The predicted octanol–water partition coefficient (Wildman–Crippen LogP) is 2.89. The number of carboxylic acid groups (broad SMARTS) is 1. The summed E-state index contributed by atoms with van der Waals surface area (Å²) in [6, 6.07) is 4.36. The summed E-state index contributed by atoms with van der Waals surface area (Å²) < 4.78 is 19.2. The van der Waals surface area contributed by atoms with Crippen molar-refractivity contribution in [3.05, 3.63) is 35.3 Å². The van der Waals surface area contributed by atoms with Gasteiger partial charge in [-0.3, -0.25) is 14.5 Å². The van der Waals surface area contributed by atoms with Crippen molar-refractivity contribution >= 4 is 22.8 Å². The summed E-state index contributed by atoms with van der Waals surface area (Å²) in [6.45, 7) is 2.89. The van der Waals surface area contributed by atoms with E-state index in [9.17, 15) is 14.0 Å². The standard InChI is InChI=1S/C19H23FN2O4/c1-12-15-10-13(20)5-6-16(15)26-18(12)19(25)22-8-3-4-14(7-9-22)21(2)11-17(23)24/h5-6,10,14H,3-4,7-9,11H2,1-2H3,(H,23,24). The Morgan fingerprint density at radius 1 is 1.35 bits per heavy atom. The number of carboxylic acids is 1. The minimum Gasteiger partial charge on any atom is -0.480 e. The second-order valence-corrected chi connectivity index (χ2v) is 6.88. The first-order chi connectivity index (χ1) is 12.4. The minimum absolute atomic E-state index is 0.00708. The van der Waals surface area contributed by atoms with Gasteiger partial charge >= 0.3 is 5.97 Å². The molecule has 2 heterocycles. The van der Waals surface area contributed by atoms with Crippen LogP contribution in [0.15, 0.2) is 22.6 Å². The summed E-state index contributed by atoms with van der Waals surface area (Å²) >= 11 is 0. The third-order valence-electron chi connectivity index (χ3n) is 5.09. The molecule has 3 rings (SSSR count). The van der Waals surface area contributed by atoms with Crippen molar-refractivity contribution in [3.63, 3.8) is 0 Å². The summed E-state index contributed by atoms with van der Waals surface area (Å²) in [5, 5.41) is 9.56. The van der Waals surface area contributed by atoms with Gasteiger partial charge in [-0.15, -0.1) is 0 Å². The van der Waals surface area contributed by atoms with Crippen LogP contribution in [-0.4, -0.2) is 59.5 Å². The average Bonchev–Trinajstić information content (AvgIpc) is 2.77. The minimum atomic E-state index is -0.852. The zero-order valence-electron chi connectivity index (χ0n) is 15.0. The lowest BCUT2D eigenvalue weighted by atomic mass is 10.1. The molecule has 0 saturated carbocycles. The smallest absolute Gasteiger partial charge is 0.317 e. The van der Waals surface area contributed by atoms with E-state index >= 15 is 0 Å². The van der Waals surface area contributed by atoms with E-state index in [1.165, 1.54) is 18.2 Å². The Morgan fingerprint density at radius 3 is 2.85 bits per heavy atom. The first kappa shape index (κ1) is 18.4. The van der Waals surface area contributed by atoms with Crippen LogP contribution in [0, 0.1) is 12.7 Å². The summed E-state index contributed by atoms with van der Waals surface area (Å²) in [4.78, 5) is 27.4. The first-order valence-electron chi connectivity index (χ1n) is 8.76. The fourth-order valence-electron chi connectivity index (χ4n) is 3.61. The van der Waals surface area contributed by atoms with Gasteiger partial charge in [0.25, 0.3) is 5.91 Å². The molecule has 1 unspecified atom stereocenters. The van der Waals surface area contributed by atoms with E-state index in [0.717, 1.165) is 12.8 Å². The quantitative estimate of drug-likeness (QED) is 0.905. The molecule has 1 aromatic carbocycles. The van der Waals surface area contributed by atoms with E-state index in [2.05, 4.69) is 0 Å². The van der Waals surface area contributed by atoms with Gasteiger partial charge in [0, 0.05) is 30.1 Å². The Bertz CT molecular complexity index is 832. The molecule has 1 amide bonds. The molecule has 1 aliphatic rings. The van der Waals surface area contributed by atoms with Crippen molar-refractivity contribution < 1.29 is 23.5 Å². The molecule has 0 spiro atoms. The SMILES string of the molecule is Cc1c(C(=O)N2CCCC(N(C)CC(=O)O)CC2)oc2ccc(F)cc12. The number of hydrogen-bond acceptors (Lipinski definition) is 4. The summed E-state index contributed by atoms with van der Waals surface area (Å²) in [5.74, 6) is -1.15. The number of likely N-dealkylation sites (N-methyl/N-ethyl adjacent to an activating group) is 1. The lowest BCUT2D eigenvalue weighted by Gasteiger charge is -2.25. The number of fused-ring (bicyclic) bond motifs is 1. The van der Waals surface area contributed by atoms with Crippen LogP contribution in [-0.2, 0) is 4.79 Å². The fourth-order valence-corrected chi connectivity index (χ4v) is 3.61. The number of benzene rings is 1. The molecule has 1 N–H and O–H groups in total. The number of hydrogen-bond donors (Lipinski definition) is 1. The molecule has 7 heteroatoms. The maximum atomic E-state index is 13.5. The topological polar surface area (TPSA) is 74.0 Å². The van der Waals surface area contributed by atoms with Crippen LogP contribution in [0.25, 0.3) is 11.0 Å². The molecule has 1 atom stereocenters. The number of aliphatic carboxylic acids is 1. The molecule has 0 bridgehead atoms. The number of likely N-dealkylation sites (tertiary alicyclic amines) is 1. The van der Waals surface area contributed by atoms with Gasteiger partial charge in [-0.05, 0) is 51.4 Å². The number of furan rings is 1. The van der Waals surface area contributed by atoms with Gasteiger partial charge < -0.3 is 14.4 Å². The molecule has 2 aromatic rings. The summed E-state index contributed by atoms with van der Waals surface area (Å²) in [5.41, 5.74) is 1.15. The van der Waals surface area contributed by atoms with E-state index in [4.69, 9.17) is 9.52 Å². The molecule has 26 heavy (non-hydrogen) atoms. The second-order valence-electron chi connectivity index (χ2n) is 6.88. The third-order valence-corrected chi connectivity index (χ3v) is 5.09. The van der Waals surface area contributed by atoms with E-state index in [1.807, 2.05) is 4.90 Å². The number of carbonyl (C=O) groups excluding carboxylic acids is 1. The van der Waals surface area contributed by atoms with E-state index in [1.54, 1.807) is 18.9 Å². The average molecular weight is 362 g/mol. The van der Waals surface area contributed by atoms with Crippen LogP contribution in [0.3, 0.4) is 0 Å². The normalized spacial score (nSPS) is 18.3. The van der Waals surface area contributed by atoms with Crippen LogP contribution in [0.5, 0.6) is 0 Å². The molecule has 0 radical (unpaired) electrons. The van der Waals surface area contributed by atoms with Gasteiger partial charge in [-0.25, -0.2) is 4.39 Å². The predicted molar refractivity (Wildman–Crippen MR) is 94.7 cm³/mol. The Hall–Kier alpha value is -2.41. The summed E-state index contributed by atoms with van der Waals surface area (Å²) in [6.07, 6.45) is 2.36. The largest absolute Gasteiger partial charge is 0.480 e. The Labute approximate surface area is 151 Å². The number of rotatable bonds is 4. The lowest BCUT2D eigenvalue weighted by Crippen LogP contribution is -2.37. The first-order valence-corrected chi connectivity index (χ1v) is 8.76. The molecular weight excluding hydrogens is 339 g/mol. The highest BCUT2D eigenvalue weighted by Gasteiger charge is 2.27. The molecule has 1 aromatic heterocycles. The molecular formula is C19H23FN2O4. The van der Waals surface area contributed by atoms with Crippen LogP contribution >= 0.6 is 0 Å². The van der Waals surface area contributed by atoms with Gasteiger partial charge in [-0.2, -0.15) is 0 Å². The van der Waals surface area contributed by atoms with Crippen molar-refractivity contribution in [2.75, 3.05) is 26.7 Å². The third kappa shape index (κ3) is 3.72. The van der Waals surface area contributed by atoms with Crippen LogP contribution in [0.4, 0.5) is 4.39 Å². The Balaban J connectivity index is 1.74. The lowest BCUT2D eigenvalue weighted by molar-refractivity contribution is -0.138. The van der Waals surface area contributed by atoms with E-state index in [-0.39, 0.29) is 30.1 Å². The molecule has 0 aliphatic carbocycles. The summed E-state index contributed by atoms with van der Waals surface area (Å²) in [7, 11) is 1.80. The van der Waals surface area contributed by atoms with Gasteiger partial charge in [-0.1, -0.05) is 0 Å². The monoisotopic (exact) mass is 362 g/mol. The maximum absolute atomic E-state index is 13.5. The van der Waals surface area contributed by atoms with Gasteiger partial charge in [0.1, 0.15) is 11.4 Å². The highest BCUT2D eigenvalue weighted by atomic mass is 19.1. The van der Waals surface area contributed by atoms with Crippen molar-refractivity contribution in [3.8, 4) is 0 Å². The van der Waals surface area contributed by atoms with Crippen molar-refractivity contribution in [1.29, 1.82) is 0 Å². The number of halogens is 1. The van der Waals surface area contributed by atoms with Crippen molar-refractivity contribution in [1.82, 2.24) is 9.80 Å². The molecule has 1 aliphatic heterocycles. The van der Waals surface area contributed by atoms with Crippen LogP contribution < -0.4 is 0 Å². The second kappa shape index (κ2) is 7.45. The van der Waals surface area contributed by atoms with Crippen LogP contribution in [0.2, 0.25) is 0 Å². The van der Waals surface area contributed by atoms with E-state index in [0.29, 0.717) is 36.0 Å². The molecule has 140 valence electrons. The molecule has 6 nitrogen and oxygen atoms in total. The van der Waals surface area contributed by atoms with Gasteiger partial charge in [0.2, 0.25) is 0 Å². The van der Waals surface area contributed by atoms with Crippen molar-refractivity contribution in [2.24, 2.45) is 0 Å². The number of amides is 1. The maximum Gasteiger partial charge on any atom is 0.317 e. The van der Waals surface area contributed by atoms with Gasteiger partial charge in [0.15, 0.2) is 5.76 Å².